The highest BCUT2D eigenvalue weighted by Crippen LogP contribution is 2.26. The first-order chi connectivity index (χ1) is 13.1. The van der Waals surface area contributed by atoms with Gasteiger partial charge in [0.1, 0.15) is 22.7 Å². The lowest BCUT2D eigenvalue weighted by atomic mass is 10.2. The molecule has 2 bridgehead atoms. The smallest absolute Gasteiger partial charge is 0.333 e. The molecule has 1 N–H and O–H groups in total. The Hall–Kier alpha value is -3.42. The van der Waals surface area contributed by atoms with Crippen molar-refractivity contribution in [3.63, 3.8) is 0 Å². The van der Waals surface area contributed by atoms with Gasteiger partial charge in [0.2, 0.25) is 0 Å². The fourth-order valence-corrected chi connectivity index (χ4v) is 3.61. The van der Waals surface area contributed by atoms with Crippen molar-refractivity contribution in [2.75, 3.05) is 0 Å². The largest absolute Gasteiger partial charge is 0.488 e. The summed E-state index contributed by atoms with van der Waals surface area (Å²) in [5, 5.41) is 0.536. The molecule has 0 fully saturated rings. The Bertz CT molecular complexity index is 1300. The first-order valence-corrected chi connectivity index (χ1v) is 8.89. The van der Waals surface area contributed by atoms with E-state index in [-0.39, 0.29) is 17.2 Å². The zero-order valence-electron chi connectivity index (χ0n) is 14.7. The molecule has 0 saturated carbocycles. The zero-order chi connectivity index (χ0) is 18.5. The lowest BCUT2D eigenvalue weighted by Crippen LogP contribution is -2.20. The summed E-state index contributed by atoms with van der Waals surface area (Å²) < 4.78 is 9.51. The van der Waals surface area contributed by atoms with Crippen LogP contribution in [0.5, 0.6) is 5.75 Å². The number of nitrogens with one attached hydrogen (secondary N) is 1. The van der Waals surface area contributed by atoms with Crippen molar-refractivity contribution in [3.05, 3.63) is 57.4 Å². The molecule has 0 aromatic carbocycles. The molecule has 4 aromatic heterocycles. The minimum atomic E-state index is -0.352. The van der Waals surface area contributed by atoms with Gasteiger partial charge in [-0.25, -0.2) is 19.3 Å². The number of aromatic nitrogens is 5. The van der Waals surface area contributed by atoms with Gasteiger partial charge in [0, 0.05) is 31.1 Å². The Morgan fingerprint density at radius 2 is 2.11 bits per heavy atom. The second kappa shape index (κ2) is 5.80. The number of hydrogen-bond donors (Lipinski definition) is 1. The average molecular weight is 363 g/mol. The first-order valence-electron chi connectivity index (χ1n) is 8.89. The Kier molecular flexibility index (Phi) is 3.40. The van der Waals surface area contributed by atoms with Crippen LogP contribution in [0.4, 0.5) is 0 Å². The van der Waals surface area contributed by atoms with E-state index < -0.39 is 0 Å². The third-order valence-electron chi connectivity index (χ3n) is 4.91. The van der Waals surface area contributed by atoms with Crippen molar-refractivity contribution in [3.8, 4) is 11.6 Å². The minimum absolute atomic E-state index is 0.0327. The summed E-state index contributed by atoms with van der Waals surface area (Å²) in [6, 6.07) is 6.70. The predicted molar refractivity (Wildman–Crippen MR) is 101 cm³/mol. The Balaban J connectivity index is 1.90. The van der Waals surface area contributed by atoms with E-state index in [2.05, 4.69) is 15.0 Å². The number of aryl methyl sites for hydroxylation is 1. The maximum Gasteiger partial charge on any atom is 0.333 e. The number of H-pyrrole nitrogens is 1. The van der Waals surface area contributed by atoms with Crippen LogP contribution in [-0.4, -0.2) is 30.2 Å². The van der Waals surface area contributed by atoms with Gasteiger partial charge in [-0.2, -0.15) is 0 Å². The molecule has 0 unspecified atom stereocenters. The highest BCUT2D eigenvalue weighted by atomic mass is 16.5. The highest BCUT2D eigenvalue weighted by Gasteiger charge is 2.19. The minimum Gasteiger partial charge on any atom is -0.488 e. The number of fused-ring (bicyclic) bond motifs is 2. The molecule has 0 radical (unpaired) electrons. The van der Waals surface area contributed by atoms with Crippen LogP contribution in [-0.2, 0) is 6.54 Å². The summed E-state index contributed by atoms with van der Waals surface area (Å²) in [5.41, 5.74) is 1.12. The topological polar surface area (TPSA) is 94.8 Å². The van der Waals surface area contributed by atoms with E-state index in [9.17, 15) is 9.59 Å². The van der Waals surface area contributed by atoms with Crippen LogP contribution in [0.3, 0.4) is 0 Å². The molecular weight excluding hydrogens is 346 g/mol. The van der Waals surface area contributed by atoms with E-state index in [0.717, 1.165) is 12.8 Å². The van der Waals surface area contributed by atoms with E-state index in [4.69, 9.17) is 4.74 Å². The van der Waals surface area contributed by atoms with Gasteiger partial charge < -0.3 is 9.30 Å². The van der Waals surface area contributed by atoms with Crippen LogP contribution >= 0.6 is 0 Å². The van der Waals surface area contributed by atoms with Crippen LogP contribution in [0.15, 0.2) is 46.2 Å². The summed E-state index contributed by atoms with van der Waals surface area (Å²) in [6.07, 6.45) is 5.03. The fraction of sp³-hybridized carbons (Fsp3) is 0.263. The van der Waals surface area contributed by atoms with Crippen molar-refractivity contribution in [1.29, 1.82) is 0 Å². The molecule has 0 saturated heterocycles. The lowest BCUT2D eigenvalue weighted by Gasteiger charge is -2.18. The molecule has 136 valence electrons. The van der Waals surface area contributed by atoms with E-state index in [0.29, 0.717) is 40.3 Å². The molecular formula is C19H17N5O3. The number of rotatable bonds is 0. The highest BCUT2D eigenvalue weighted by molar-refractivity contribution is 5.81. The normalized spacial score (nSPS) is 16.9. The number of hydrogen-bond acceptors (Lipinski definition) is 5. The molecule has 1 aliphatic heterocycles. The lowest BCUT2D eigenvalue weighted by molar-refractivity contribution is 0.207. The van der Waals surface area contributed by atoms with Gasteiger partial charge in [-0.05, 0) is 31.9 Å². The van der Waals surface area contributed by atoms with Gasteiger partial charge in [-0.3, -0.25) is 9.78 Å². The SMILES string of the molecule is C[C@H]1CCCn2ccc(=O)c3ccc(nc32)-n2c(=O)[nH]c3nccc(c32)O1. The number of aromatic amines is 1. The van der Waals surface area contributed by atoms with E-state index in [1.807, 2.05) is 11.5 Å². The first kappa shape index (κ1) is 15.8. The molecule has 27 heavy (non-hydrogen) atoms. The van der Waals surface area contributed by atoms with Crippen molar-refractivity contribution < 1.29 is 4.74 Å². The van der Waals surface area contributed by atoms with Gasteiger partial charge >= 0.3 is 5.69 Å². The van der Waals surface area contributed by atoms with Crippen molar-refractivity contribution in [2.45, 2.75) is 32.4 Å². The number of pyridine rings is 3. The summed E-state index contributed by atoms with van der Waals surface area (Å²) in [7, 11) is 0. The number of imidazole rings is 1. The Morgan fingerprint density at radius 1 is 1.22 bits per heavy atom. The van der Waals surface area contributed by atoms with E-state index in [1.165, 1.54) is 4.57 Å². The van der Waals surface area contributed by atoms with Crippen molar-refractivity contribution in [2.24, 2.45) is 0 Å². The van der Waals surface area contributed by atoms with Gasteiger partial charge in [0.25, 0.3) is 0 Å². The monoisotopic (exact) mass is 363 g/mol. The van der Waals surface area contributed by atoms with Crippen LogP contribution in [0, 0.1) is 0 Å². The molecule has 0 amide bonds. The molecule has 1 aliphatic rings. The van der Waals surface area contributed by atoms with E-state index in [1.54, 1.807) is 36.7 Å². The number of nitrogens with zero attached hydrogens (tertiary/aromatic N) is 4. The van der Waals surface area contributed by atoms with Crippen LogP contribution in [0.2, 0.25) is 0 Å². The molecule has 4 aromatic rings. The van der Waals surface area contributed by atoms with Crippen LogP contribution in [0.25, 0.3) is 28.0 Å². The standard InChI is InChI=1S/C19H17N5O3/c1-11-3-2-9-23-10-7-13(25)12-4-5-15(21-18(12)23)24-16-14(27-11)6-8-20-17(16)22-19(24)26/h4-8,10-11H,2-3,9H2,1H3,(H,20,22,26)/t11-/m0/s1. The summed E-state index contributed by atoms with van der Waals surface area (Å²) >= 11 is 0. The van der Waals surface area contributed by atoms with Crippen LogP contribution < -0.4 is 15.9 Å². The molecule has 8 nitrogen and oxygen atoms in total. The van der Waals surface area contributed by atoms with Gasteiger partial charge in [-0.15, -0.1) is 0 Å². The van der Waals surface area contributed by atoms with Gasteiger partial charge in [0.15, 0.2) is 11.1 Å². The average Bonchev–Trinajstić information content (AvgIpc) is 2.99. The Labute approximate surface area is 153 Å². The summed E-state index contributed by atoms with van der Waals surface area (Å²) in [4.78, 5) is 36.5. The van der Waals surface area contributed by atoms with E-state index >= 15 is 0 Å². The molecule has 5 heterocycles. The summed E-state index contributed by atoms with van der Waals surface area (Å²) in [6.45, 7) is 2.72. The quantitative estimate of drug-likeness (QED) is 0.515. The number of ether oxygens (including phenoxy) is 1. The Morgan fingerprint density at radius 3 is 3.00 bits per heavy atom. The summed E-state index contributed by atoms with van der Waals surface area (Å²) in [5.74, 6) is 1.00. The molecule has 1 atom stereocenters. The molecule has 0 spiro atoms. The maximum absolute atomic E-state index is 12.7. The van der Waals surface area contributed by atoms with Gasteiger partial charge in [0.05, 0.1) is 11.5 Å². The fourth-order valence-electron chi connectivity index (χ4n) is 3.61. The second-order valence-corrected chi connectivity index (χ2v) is 6.76. The molecule has 5 rings (SSSR count). The van der Waals surface area contributed by atoms with Gasteiger partial charge in [-0.1, -0.05) is 0 Å². The third-order valence-corrected chi connectivity index (χ3v) is 4.91. The van der Waals surface area contributed by atoms with Crippen LogP contribution in [0.1, 0.15) is 19.8 Å². The maximum atomic E-state index is 12.7. The molecule has 8 heteroatoms. The van der Waals surface area contributed by atoms with Crippen molar-refractivity contribution in [1.82, 2.24) is 24.1 Å². The second-order valence-electron chi connectivity index (χ2n) is 6.76. The third kappa shape index (κ3) is 2.44. The molecule has 0 aliphatic carbocycles. The predicted octanol–water partition coefficient (Wildman–Crippen LogP) is 1.98. The zero-order valence-corrected chi connectivity index (χ0v) is 14.7. The van der Waals surface area contributed by atoms with Crippen molar-refractivity contribution >= 4 is 22.2 Å².